The molecule has 1 aromatic carbocycles. The van der Waals surface area contributed by atoms with Crippen LogP contribution in [0, 0.1) is 5.92 Å². The molecule has 0 unspecified atom stereocenters. The van der Waals surface area contributed by atoms with E-state index in [1.165, 1.54) is 35.5 Å². The number of nitrogens with zero attached hydrogens (tertiary/aromatic N) is 4. The van der Waals surface area contributed by atoms with Crippen LogP contribution in [0.3, 0.4) is 0 Å². The van der Waals surface area contributed by atoms with Crippen LogP contribution in [0.5, 0.6) is 0 Å². The summed E-state index contributed by atoms with van der Waals surface area (Å²) in [6.07, 6.45) is 5.09. The van der Waals surface area contributed by atoms with Crippen molar-refractivity contribution in [1.82, 2.24) is 19.6 Å². The average molecular weight is 452 g/mol. The van der Waals surface area contributed by atoms with E-state index in [2.05, 4.69) is 27.4 Å². The van der Waals surface area contributed by atoms with Gasteiger partial charge in [0.25, 0.3) is 0 Å². The van der Waals surface area contributed by atoms with Gasteiger partial charge in [0.1, 0.15) is 11.2 Å². The summed E-state index contributed by atoms with van der Waals surface area (Å²) in [6, 6.07) is 6.87. The molecule has 1 amide bonds. The molecule has 1 N–H and O–H groups in total. The Balaban J connectivity index is 1.33. The van der Waals surface area contributed by atoms with Crippen LogP contribution in [0.25, 0.3) is 15.9 Å². The number of fused-ring (bicyclic) bond motifs is 5. The Labute approximate surface area is 187 Å². The van der Waals surface area contributed by atoms with E-state index in [1.54, 1.807) is 41.9 Å². The largest absolute Gasteiger partial charge is 0.325 e. The number of anilines is 1. The Morgan fingerprint density at radius 2 is 2.06 bits per heavy atom. The standard InChI is InChI=1S/C22H21N5O2S2/c1-12-3-8-16-17(9-12)31-21-19(16)20-25-26-22(27(20)11-23-21)30-10-18(29)24-15-6-4-14(5-7-15)13(2)28/h4-7,11-12H,3,8-10H2,1-2H3,(H,24,29)/t12-/m1/s1. The molecule has 4 aromatic rings. The minimum Gasteiger partial charge on any atom is -0.325 e. The Bertz CT molecular complexity index is 1310. The van der Waals surface area contributed by atoms with Crippen molar-refractivity contribution in [1.29, 1.82) is 0 Å². The maximum Gasteiger partial charge on any atom is 0.234 e. The minimum atomic E-state index is -0.145. The highest BCUT2D eigenvalue weighted by Gasteiger charge is 2.24. The molecule has 0 saturated carbocycles. The number of nitrogens with one attached hydrogen (secondary N) is 1. The summed E-state index contributed by atoms with van der Waals surface area (Å²) in [5.41, 5.74) is 3.46. The van der Waals surface area contributed by atoms with Crippen LogP contribution in [-0.4, -0.2) is 37.0 Å². The van der Waals surface area contributed by atoms with Crippen LogP contribution in [0.2, 0.25) is 0 Å². The van der Waals surface area contributed by atoms with Gasteiger partial charge in [-0.2, -0.15) is 0 Å². The molecule has 0 radical (unpaired) electrons. The lowest BCUT2D eigenvalue weighted by Gasteiger charge is -2.17. The summed E-state index contributed by atoms with van der Waals surface area (Å²) < 4.78 is 1.88. The second kappa shape index (κ2) is 8.05. The third-order valence-electron chi connectivity index (χ3n) is 5.58. The number of ketones is 1. The Hall–Kier alpha value is -2.78. The molecule has 3 heterocycles. The highest BCUT2D eigenvalue weighted by molar-refractivity contribution is 7.99. The Kier molecular flexibility index (Phi) is 5.23. The number of aryl methyl sites for hydroxylation is 1. The molecular formula is C22H21N5O2S2. The van der Waals surface area contributed by atoms with E-state index in [0.29, 0.717) is 22.3 Å². The first-order chi connectivity index (χ1) is 15.0. The third-order valence-corrected chi connectivity index (χ3v) is 7.68. The number of rotatable bonds is 5. The van der Waals surface area contributed by atoms with E-state index in [0.717, 1.165) is 28.7 Å². The second-order valence-corrected chi connectivity index (χ2v) is 9.95. The fourth-order valence-corrected chi connectivity index (χ4v) is 5.98. The number of aromatic nitrogens is 4. The molecule has 1 aliphatic carbocycles. The summed E-state index contributed by atoms with van der Waals surface area (Å²) >= 11 is 3.09. The van der Waals surface area contributed by atoms with Crippen molar-refractivity contribution < 1.29 is 9.59 Å². The lowest BCUT2D eigenvalue weighted by atomic mass is 9.89. The van der Waals surface area contributed by atoms with Crippen molar-refractivity contribution >= 4 is 56.3 Å². The van der Waals surface area contributed by atoms with E-state index >= 15 is 0 Å². The van der Waals surface area contributed by atoms with Gasteiger partial charge >= 0.3 is 0 Å². The second-order valence-electron chi connectivity index (χ2n) is 7.92. The van der Waals surface area contributed by atoms with Gasteiger partial charge in [-0.05, 0) is 61.9 Å². The number of hydrogen-bond acceptors (Lipinski definition) is 7. The van der Waals surface area contributed by atoms with E-state index in [1.807, 2.05) is 4.40 Å². The maximum absolute atomic E-state index is 12.4. The van der Waals surface area contributed by atoms with E-state index in [-0.39, 0.29) is 17.4 Å². The van der Waals surface area contributed by atoms with Gasteiger partial charge in [-0.15, -0.1) is 21.5 Å². The molecule has 0 fully saturated rings. The molecule has 0 bridgehead atoms. The molecule has 5 rings (SSSR count). The van der Waals surface area contributed by atoms with Gasteiger partial charge in [-0.1, -0.05) is 18.7 Å². The van der Waals surface area contributed by atoms with Crippen LogP contribution in [-0.2, 0) is 17.6 Å². The lowest BCUT2D eigenvalue weighted by molar-refractivity contribution is -0.113. The highest BCUT2D eigenvalue weighted by Crippen LogP contribution is 2.39. The molecule has 9 heteroatoms. The van der Waals surface area contributed by atoms with Crippen molar-refractivity contribution in [3.8, 4) is 0 Å². The van der Waals surface area contributed by atoms with Crippen molar-refractivity contribution in [2.75, 3.05) is 11.1 Å². The smallest absolute Gasteiger partial charge is 0.234 e. The predicted molar refractivity (Wildman–Crippen MR) is 123 cm³/mol. The Morgan fingerprint density at radius 1 is 1.26 bits per heavy atom. The number of thioether (sulfide) groups is 1. The van der Waals surface area contributed by atoms with Crippen LogP contribution < -0.4 is 5.32 Å². The molecule has 1 aliphatic rings. The van der Waals surface area contributed by atoms with Crippen LogP contribution in [0.4, 0.5) is 5.69 Å². The lowest BCUT2D eigenvalue weighted by Crippen LogP contribution is -2.14. The number of carbonyl (C=O) groups is 2. The van der Waals surface area contributed by atoms with Crippen molar-refractivity contribution in [3.05, 3.63) is 46.6 Å². The van der Waals surface area contributed by atoms with E-state index in [9.17, 15) is 9.59 Å². The number of amides is 1. The van der Waals surface area contributed by atoms with Gasteiger partial charge in [-0.3, -0.25) is 14.0 Å². The zero-order valence-electron chi connectivity index (χ0n) is 17.2. The minimum absolute atomic E-state index is 0.00349. The molecule has 31 heavy (non-hydrogen) atoms. The van der Waals surface area contributed by atoms with E-state index < -0.39 is 0 Å². The van der Waals surface area contributed by atoms with E-state index in [4.69, 9.17) is 0 Å². The molecule has 0 aliphatic heterocycles. The van der Waals surface area contributed by atoms with Gasteiger partial charge in [0, 0.05) is 16.1 Å². The topological polar surface area (TPSA) is 89.2 Å². The molecule has 1 atom stereocenters. The van der Waals surface area contributed by atoms with Crippen molar-refractivity contribution in [3.63, 3.8) is 0 Å². The highest BCUT2D eigenvalue weighted by atomic mass is 32.2. The normalized spacial score (nSPS) is 15.9. The first kappa shape index (κ1) is 20.1. The first-order valence-corrected chi connectivity index (χ1v) is 12.0. The molecule has 3 aromatic heterocycles. The summed E-state index contributed by atoms with van der Waals surface area (Å²) in [5.74, 6) is 0.759. The first-order valence-electron chi connectivity index (χ1n) is 10.2. The van der Waals surface area contributed by atoms with Gasteiger partial charge in [-0.25, -0.2) is 4.98 Å². The van der Waals surface area contributed by atoms with Gasteiger partial charge in [0.2, 0.25) is 5.91 Å². The quantitative estimate of drug-likeness (QED) is 0.357. The average Bonchev–Trinajstić information content (AvgIpc) is 3.32. The summed E-state index contributed by atoms with van der Waals surface area (Å²) in [5, 5.41) is 13.4. The maximum atomic E-state index is 12.4. The fourth-order valence-electron chi connectivity index (χ4n) is 3.93. The molecule has 0 spiro atoms. The SMILES string of the molecule is CC(=O)c1ccc(NC(=O)CSc2nnc3c4c5c(sc4ncn23)C[C@H](C)CC5)cc1. The summed E-state index contributed by atoms with van der Waals surface area (Å²) in [6.45, 7) is 3.81. The number of Topliss-reactive ketones (excluding diaryl/α,β-unsaturated/α-hetero) is 1. The van der Waals surface area contributed by atoms with Crippen LogP contribution in [0.1, 0.15) is 41.1 Å². The van der Waals surface area contributed by atoms with Crippen molar-refractivity contribution in [2.45, 2.75) is 38.3 Å². The monoisotopic (exact) mass is 451 g/mol. The number of hydrogen-bond donors (Lipinski definition) is 1. The molecular weight excluding hydrogens is 430 g/mol. The van der Waals surface area contributed by atoms with Crippen molar-refractivity contribution in [2.24, 2.45) is 5.92 Å². The number of benzene rings is 1. The number of thiophene rings is 1. The van der Waals surface area contributed by atoms with Crippen LogP contribution >= 0.6 is 23.1 Å². The summed E-state index contributed by atoms with van der Waals surface area (Å²) in [4.78, 5) is 30.8. The molecule has 158 valence electrons. The zero-order chi connectivity index (χ0) is 21.5. The molecule has 7 nitrogen and oxygen atoms in total. The fraction of sp³-hybridized carbons (Fsp3) is 0.318. The zero-order valence-corrected chi connectivity index (χ0v) is 18.8. The van der Waals surface area contributed by atoms with Crippen LogP contribution in [0.15, 0.2) is 35.7 Å². The predicted octanol–water partition coefficient (Wildman–Crippen LogP) is 4.40. The van der Waals surface area contributed by atoms with Gasteiger partial charge in [0.15, 0.2) is 16.6 Å². The summed E-state index contributed by atoms with van der Waals surface area (Å²) in [7, 11) is 0. The third kappa shape index (κ3) is 3.83. The number of carbonyl (C=O) groups excluding carboxylic acids is 2. The van der Waals surface area contributed by atoms with Gasteiger partial charge < -0.3 is 5.32 Å². The van der Waals surface area contributed by atoms with Gasteiger partial charge in [0.05, 0.1) is 11.1 Å². The molecule has 0 saturated heterocycles. The Morgan fingerprint density at radius 3 is 2.84 bits per heavy atom.